The Hall–Kier alpha value is -2.74. The molecule has 0 bridgehead atoms. The van der Waals surface area contributed by atoms with Gasteiger partial charge < -0.3 is 9.47 Å². The van der Waals surface area contributed by atoms with Gasteiger partial charge in [-0.1, -0.05) is 15.9 Å². The molecule has 0 saturated carbocycles. The molecule has 1 aromatic heterocycles. The monoisotopic (exact) mass is 374 g/mol. The average Bonchev–Trinajstić information content (AvgIpc) is 3.09. The Labute approximate surface area is 140 Å². The standard InChI is InChI=1S/C15H11BrN4O3/c16-11-1-5-13(6-2-11)22-9-15(21)23-14-7-3-12(4-8-14)20-10-17-18-19-20/h1-8,10H,9H2. The number of carbonyl (C=O) groups is 1. The molecule has 0 N–H and O–H groups in total. The van der Waals surface area contributed by atoms with Crippen molar-refractivity contribution in [3.63, 3.8) is 0 Å². The van der Waals surface area contributed by atoms with E-state index in [1.807, 2.05) is 12.1 Å². The zero-order valence-electron chi connectivity index (χ0n) is 11.8. The number of rotatable bonds is 5. The maximum atomic E-state index is 11.8. The van der Waals surface area contributed by atoms with Crippen molar-refractivity contribution < 1.29 is 14.3 Å². The number of halogens is 1. The van der Waals surface area contributed by atoms with E-state index in [0.717, 1.165) is 10.2 Å². The van der Waals surface area contributed by atoms with Gasteiger partial charge in [-0.2, -0.15) is 0 Å². The number of aromatic nitrogens is 4. The van der Waals surface area contributed by atoms with Gasteiger partial charge in [0.15, 0.2) is 6.61 Å². The van der Waals surface area contributed by atoms with Crippen LogP contribution in [0.2, 0.25) is 0 Å². The van der Waals surface area contributed by atoms with Crippen molar-refractivity contribution in [3.8, 4) is 17.2 Å². The zero-order chi connectivity index (χ0) is 16.1. The quantitative estimate of drug-likeness (QED) is 0.503. The van der Waals surface area contributed by atoms with Gasteiger partial charge in [0.05, 0.1) is 5.69 Å². The van der Waals surface area contributed by atoms with Crippen LogP contribution >= 0.6 is 15.9 Å². The second-order valence-corrected chi connectivity index (χ2v) is 5.38. The lowest BCUT2D eigenvalue weighted by molar-refractivity contribution is -0.136. The first kappa shape index (κ1) is 15.2. The van der Waals surface area contributed by atoms with E-state index in [1.54, 1.807) is 36.4 Å². The minimum Gasteiger partial charge on any atom is -0.482 e. The van der Waals surface area contributed by atoms with Gasteiger partial charge in [-0.3, -0.25) is 0 Å². The minimum absolute atomic E-state index is 0.170. The first-order valence-corrected chi connectivity index (χ1v) is 7.42. The lowest BCUT2D eigenvalue weighted by Crippen LogP contribution is -2.17. The summed E-state index contributed by atoms with van der Waals surface area (Å²) in [6.45, 7) is -0.170. The molecule has 2 aromatic carbocycles. The fourth-order valence-electron chi connectivity index (χ4n) is 1.78. The van der Waals surface area contributed by atoms with Crippen molar-refractivity contribution in [2.24, 2.45) is 0 Å². The Morgan fingerprint density at radius 3 is 2.39 bits per heavy atom. The lowest BCUT2D eigenvalue weighted by atomic mass is 10.3. The summed E-state index contributed by atoms with van der Waals surface area (Å²) in [6.07, 6.45) is 1.48. The van der Waals surface area contributed by atoms with Gasteiger partial charge in [-0.25, -0.2) is 9.48 Å². The van der Waals surface area contributed by atoms with Crippen molar-refractivity contribution >= 4 is 21.9 Å². The molecule has 1 heterocycles. The third-order valence-electron chi connectivity index (χ3n) is 2.85. The third kappa shape index (κ3) is 4.13. The van der Waals surface area contributed by atoms with Crippen molar-refractivity contribution in [2.45, 2.75) is 0 Å². The smallest absolute Gasteiger partial charge is 0.349 e. The van der Waals surface area contributed by atoms with E-state index < -0.39 is 5.97 Å². The Bertz CT molecular complexity index is 773. The van der Waals surface area contributed by atoms with Crippen LogP contribution < -0.4 is 9.47 Å². The molecule has 0 spiro atoms. The van der Waals surface area contributed by atoms with Gasteiger partial charge in [0.25, 0.3) is 0 Å². The molecule has 23 heavy (non-hydrogen) atoms. The number of carbonyl (C=O) groups excluding carboxylic acids is 1. The molecule has 3 rings (SSSR count). The first-order chi connectivity index (χ1) is 11.2. The van der Waals surface area contributed by atoms with Gasteiger partial charge in [0, 0.05) is 4.47 Å². The number of tetrazole rings is 1. The first-order valence-electron chi connectivity index (χ1n) is 6.63. The molecule has 0 aliphatic rings. The number of benzene rings is 2. The molecule has 116 valence electrons. The van der Waals surface area contributed by atoms with Gasteiger partial charge in [-0.05, 0) is 59.0 Å². The fraction of sp³-hybridized carbons (Fsp3) is 0.0667. The Kier molecular flexibility index (Phi) is 4.62. The van der Waals surface area contributed by atoms with Crippen LogP contribution in [-0.4, -0.2) is 32.8 Å². The van der Waals surface area contributed by atoms with E-state index in [-0.39, 0.29) is 6.61 Å². The summed E-state index contributed by atoms with van der Waals surface area (Å²) in [6, 6.07) is 14.0. The molecule has 0 atom stereocenters. The summed E-state index contributed by atoms with van der Waals surface area (Å²) in [5.74, 6) is 0.536. The molecule has 0 radical (unpaired) electrons. The summed E-state index contributed by atoms with van der Waals surface area (Å²) in [4.78, 5) is 11.8. The van der Waals surface area contributed by atoms with E-state index in [1.165, 1.54) is 11.0 Å². The number of esters is 1. The second kappa shape index (κ2) is 7.01. The van der Waals surface area contributed by atoms with Gasteiger partial charge in [0.1, 0.15) is 17.8 Å². The van der Waals surface area contributed by atoms with Crippen LogP contribution in [0.5, 0.6) is 11.5 Å². The average molecular weight is 375 g/mol. The van der Waals surface area contributed by atoms with Gasteiger partial charge >= 0.3 is 5.97 Å². The molecule has 0 unspecified atom stereocenters. The SMILES string of the molecule is O=C(COc1ccc(Br)cc1)Oc1ccc(-n2cnnn2)cc1. The van der Waals surface area contributed by atoms with Crippen LogP contribution in [0, 0.1) is 0 Å². The Morgan fingerprint density at radius 1 is 1.04 bits per heavy atom. The number of hydrogen-bond acceptors (Lipinski definition) is 6. The van der Waals surface area contributed by atoms with Crippen molar-refractivity contribution in [1.29, 1.82) is 0 Å². The maximum absolute atomic E-state index is 11.8. The number of ether oxygens (including phenoxy) is 2. The highest BCUT2D eigenvalue weighted by molar-refractivity contribution is 9.10. The number of hydrogen-bond donors (Lipinski definition) is 0. The van der Waals surface area contributed by atoms with E-state index >= 15 is 0 Å². The van der Waals surface area contributed by atoms with Crippen LogP contribution in [0.4, 0.5) is 0 Å². The molecule has 0 fully saturated rings. The van der Waals surface area contributed by atoms with Crippen LogP contribution in [0.1, 0.15) is 0 Å². The van der Waals surface area contributed by atoms with Crippen molar-refractivity contribution in [2.75, 3.05) is 6.61 Å². The Balaban J connectivity index is 1.54. The molecular formula is C15H11BrN4O3. The van der Waals surface area contributed by atoms with E-state index in [0.29, 0.717) is 11.5 Å². The normalized spacial score (nSPS) is 10.3. The highest BCUT2D eigenvalue weighted by Gasteiger charge is 2.07. The Morgan fingerprint density at radius 2 is 1.74 bits per heavy atom. The summed E-state index contributed by atoms with van der Waals surface area (Å²) in [5.41, 5.74) is 0.765. The predicted molar refractivity (Wildman–Crippen MR) is 84.4 cm³/mol. The van der Waals surface area contributed by atoms with E-state index in [2.05, 4.69) is 31.5 Å². The molecule has 3 aromatic rings. The van der Waals surface area contributed by atoms with E-state index in [9.17, 15) is 4.79 Å². The highest BCUT2D eigenvalue weighted by atomic mass is 79.9. The molecule has 0 amide bonds. The van der Waals surface area contributed by atoms with E-state index in [4.69, 9.17) is 9.47 Å². The van der Waals surface area contributed by atoms with Crippen molar-refractivity contribution in [3.05, 3.63) is 59.3 Å². The second-order valence-electron chi connectivity index (χ2n) is 4.46. The molecular weight excluding hydrogens is 364 g/mol. The maximum Gasteiger partial charge on any atom is 0.349 e. The topological polar surface area (TPSA) is 79.1 Å². The van der Waals surface area contributed by atoms with Crippen LogP contribution in [0.25, 0.3) is 5.69 Å². The predicted octanol–water partition coefficient (Wildman–Crippen LogP) is 2.41. The molecule has 0 aliphatic carbocycles. The third-order valence-corrected chi connectivity index (χ3v) is 3.38. The summed E-state index contributed by atoms with van der Waals surface area (Å²) >= 11 is 3.33. The summed E-state index contributed by atoms with van der Waals surface area (Å²) in [5, 5.41) is 10.9. The molecule has 0 saturated heterocycles. The number of nitrogens with zero attached hydrogens (tertiary/aromatic N) is 4. The summed E-state index contributed by atoms with van der Waals surface area (Å²) in [7, 11) is 0. The van der Waals surface area contributed by atoms with Crippen LogP contribution in [0.3, 0.4) is 0 Å². The summed E-state index contributed by atoms with van der Waals surface area (Å²) < 4.78 is 13.0. The molecule has 0 aliphatic heterocycles. The molecule has 7 nitrogen and oxygen atoms in total. The zero-order valence-corrected chi connectivity index (χ0v) is 13.4. The van der Waals surface area contributed by atoms with Gasteiger partial charge in [0.2, 0.25) is 0 Å². The van der Waals surface area contributed by atoms with Crippen molar-refractivity contribution in [1.82, 2.24) is 20.2 Å². The fourth-order valence-corrected chi connectivity index (χ4v) is 2.04. The highest BCUT2D eigenvalue weighted by Crippen LogP contribution is 2.17. The molecule has 8 heteroatoms. The minimum atomic E-state index is -0.483. The van der Waals surface area contributed by atoms with Gasteiger partial charge in [-0.15, -0.1) is 5.10 Å². The lowest BCUT2D eigenvalue weighted by Gasteiger charge is -2.07. The van der Waals surface area contributed by atoms with Crippen LogP contribution in [-0.2, 0) is 4.79 Å². The van der Waals surface area contributed by atoms with Crippen LogP contribution in [0.15, 0.2) is 59.3 Å². The largest absolute Gasteiger partial charge is 0.482 e.